The van der Waals surface area contributed by atoms with Crippen molar-refractivity contribution in [3.05, 3.63) is 18.2 Å². The van der Waals surface area contributed by atoms with Gasteiger partial charge in [-0.3, -0.25) is 9.59 Å². The minimum atomic E-state index is -0.221. The minimum Gasteiger partial charge on any atom is -0.347 e. The number of H-pyrrole nitrogens is 1. The Morgan fingerprint density at radius 2 is 2.35 bits per heavy atom. The molecule has 0 radical (unpaired) electrons. The average molecular weight is 278 g/mol. The molecule has 1 fully saturated rings. The maximum atomic E-state index is 12.4. The van der Waals surface area contributed by atoms with Gasteiger partial charge in [-0.25, -0.2) is 4.98 Å². The van der Waals surface area contributed by atoms with Gasteiger partial charge >= 0.3 is 0 Å². The van der Waals surface area contributed by atoms with Crippen LogP contribution in [0.25, 0.3) is 0 Å². The Hall–Kier alpha value is -1.85. The van der Waals surface area contributed by atoms with Crippen LogP contribution < -0.4 is 0 Å². The molecule has 1 aliphatic rings. The normalized spacial score (nSPS) is 18.9. The smallest absolute Gasteiger partial charge is 0.228 e. The molecule has 2 heterocycles. The first-order valence-electron chi connectivity index (χ1n) is 6.98. The van der Waals surface area contributed by atoms with E-state index in [9.17, 15) is 9.59 Å². The maximum Gasteiger partial charge on any atom is 0.228 e. The Kier molecular flexibility index (Phi) is 4.42. The number of amides is 2. The number of likely N-dealkylation sites (tertiary alicyclic amines) is 1. The Morgan fingerprint density at radius 1 is 1.60 bits per heavy atom. The summed E-state index contributed by atoms with van der Waals surface area (Å²) >= 11 is 0. The monoisotopic (exact) mass is 278 g/mol. The molecule has 0 aliphatic carbocycles. The van der Waals surface area contributed by atoms with Gasteiger partial charge in [0.2, 0.25) is 11.8 Å². The second kappa shape index (κ2) is 6.07. The van der Waals surface area contributed by atoms with E-state index in [4.69, 9.17) is 0 Å². The predicted octanol–water partition coefficient (Wildman–Crippen LogP) is 0.873. The second-order valence-electron chi connectivity index (χ2n) is 5.82. The molecular weight excluding hydrogens is 256 g/mol. The molecule has 1 unspecified atom stereocenters. The number of carbonyl (C=O) groups excluding carboxylic acids is 2. The van der Waals surface area contributed by atoms with Crippen LogP contribution in [-0.4, -0.2) is 51.7 Å². The molecule has 6 heteroatoms. The van der Waals surface area contributed by atoms with Crippen molar-refractivity contribution in [2.24, 2.45) is 11.8 Å². The van der Waals surface area contributed by atoms with Gasteiger partial charge in [0, 0.05) is 39.0 Å². The summed E-state index contributed by atoms with van der Waals surface area (Å²) in [5, 5.41) is 0. The summed E-state index contributed by atoms with van der Waals surface area (Å²) in [6.45, 7) is 5.86. The van der Waals surface area contributed by atoms with E-state index < -0.39 is 0 Å². The lowest BCUT2D eigenvalue weighted by Crippen LogP contribution is -2.35. The molecule has 20 heavy (non-hydrogen) atoms. The van der Waals surface area contributed by atoms with Crippen LogP contribution in [0.4, 0.5) is 0 Å². The molecular formula is C14H22N4O2. The van der Waals surface area contributed by atoms with Crippen molar-refractivity contribution in [1.82, 2.24) is 19.8 Å². The molecule has 0 spiro atoms. The molecule has 1 saturated heterocycles. The Morgan fingerprint density at radius 3 is 2.95 bits per heavy atom. The van der Waals surface area contributed by atoms with E-state index in [1.54, 1.807) is 29.2 Å². The van der Waals surface area contributed by atoms with Crippen LogP contribution in [0.5, 0.6) is 0 Å². The van der Waals surface area contributed by atoms with Crippen molar-refractivity contribution >= 4 is 11.8 Å². The first kappa shape index (κ1) is 14.6. The molecule has 1 aromatic heterocycles. The summed E-state index contributed by atoms with van der Waals surface area (Å²) in [4.78, 5) is 34.8. The standard InChI is InChI=1S/C14H22N4O2/c1-10(2)7-18-8-11(6-13(18)19)14(20)17(3)9-12-15-4-5-16-12/h4-5,10-11H,6-9H2,1-3H3,(H,15,16). The zero-order chi connectivity index (χ0) is 14.7. The fraction of sp³-hybridized carbons (Fsp3) is 0.643. The number of nitrogens with one attached hydrogen (secondary N) is 1. The highest BCUT2D eigenvalue weighted by Gasteiger charge is 2.35. The summed E-state index contributed by atoms with van der Waals surface area (Å²) < 4.78 is 0. The topological polar surface area (TPSA) is 69.3 Å². The highest BCUT2D eigenvalue weighted by atomic mass is 16.2. The molecule has 0 saturated carbocycles. The third-order valence-corrected chi connectivity index (χ3v) is 3.47. The molecule has 1 N–H and O–H groups in total. The van der Waals surface area contributed by atoms with E-state index >= 15 is 0 Å². The van der Waals surface area contributed by atoms with E-state index in [2.05, 4.69) is 23.8 Å². The van der Waals surface area contributed by atoms with Crippen molar-refractivity contribution in [3.8, 4) is 0 Å². The molecule has 1 aliphatic heterocycles. The second-order valence-corrected chi connectivity index (χ2v) is 5.82. The Balaban J connectivity index is 1.91. The van der Waals surface area contributed by atoms with Crippen molar-refractivity contribution in [2.45, 2.75) is 26.8 Å². The third-order valence-electron chi connectivity index (χ3n) is 3.47. The first-order valence-corrected chi connectivity index (χ1v) is 6.98. The van der Waals surface area contributed by atoms with Crippen LogP contribution in [0.1, 0.15) is 26.1 Å². The van der Waals surface area contributed by atoms with E-state index in [0.29, 0.717) is 25.4 Å². The Bertz CT molecular complexity index is 470. The highest BCUT2D eigenvalue weighted by molar-refractivity contribution is 5.89. The van der Waals surface area contributed by atoms with Gasteiger partial charge in [0.1, 0.15) is 5.82 Å². The number of aromatic amines is 1. The quantitative estimate of drug-likeness (QED) is 0.869. The van der Waals surface area contributed by atoms with Crippen LogP contribution in [0.15, 0.2) is 12.4 Å². The van der Waals surface area contributed by atoms with Crippen molar-refractivity contribution in [2.75, 3.05) is 20.1 Å². The summed E-state index contributed by atoms with van der Waals surface area (Å²) in [5.41, 5.74) is 0. The first-order chi connectivity index (χ1) is 9.47. The number of nitrogens with zero attached hydrogens (tertiary/aromatic N) is 3. The molecule has 0 aromatic carbocycles. The summed E-state index contributed by atoms with van der Waals surface area (Å²) in [6.07, 6.45) is 3.72. The summed E-state index contributed by atoms with van der Waals surface area (Å²) in [7, 11) is 1.75. The predicted molar refractivity (Wildman–Crippen MR) is 74.6 cm³/mol. The summed E-state index contributed by atoms with van der Waals surface area (Å²) in [5.74, 6) is 1.06. The van der Waals surface area contributed by atoms with Gasteiger partial charge < -0.3 is 14.8 Å². The van der Waals surface area contributed by atoms with Crippen LogP contribution in [0.3, 0.4) is 0 Å². The van der Waals surface area contributed by atoms with Gasteiger partial charge in [-0.2, -0.15) is 0 Å². The highest BCUT2D eigenvalue weighted by Crippen LogP contribution is 2.21. The summed E-state index contributed by atoms with van der Waals surface area (Å²) in [6, 6.07) is 0. The SMILES string of the molecule is CC(C)CN1CC(C(=O)N(C)Cc2ncc[nH]2)CC1=O. The average Bonchev–Trinajstić information content (AvgIpc) is 2.99. The molecule has 2 rings (SSSR count). The van der Waals surface area contributed by atoms with E-state index in [1.807, 2.05) is 0 Å². The molecule has 2 amide bonds. The molecule has 1 atom stereocenters. The number of hydrogen-bond acceptors (Lipinski definition) is 3. The van der Waals surface area contributed by atoms with Crippen molar-refractivity contribution in [1.29, 1.82) is 0 Å². The largest absolute Gasteiger partial charge is 0.347 e. The van der Waals surface area contributed by atoms with Gasteiger partial charge in [0.05, 0.1) is 12.5 Å². The number of aromatic nitrogens is 2. The fourth-order valence-electron chi connectivity index (χ4n) is 2.55. The number of carbonyl (C=O) groups is 2. The van der Waals surface area contributed by atoms with Gasteiger partial charge in [0.15, 0.2) is 0 Å². The van der Waals surface area contributed by atoms with E-state index in [0.717, 1.165) is 12.4 Å². The van der Waals surface area contributed by atoms with E-state index in [-0.39, 0.29) is 17.7 Å². The van der Waals surface area contributed by atoms with E-state index in [1.165, 1.54) is 0 Å². The zero-order valence-electron chi connectivity index (χ0n) is 12.3. The zero-order valence-corrected chi connectivity index (χ0v) is 12.3. The molecule has 6 nitrogen and oxygen atoms in total. The van der Waals surface area contributed by atoms with Crippen LogP contribution >= 0.6 is 0 Å². The Labute approximate surface area is 119 Å². The van der Waals surface area contributed by atoms with Gasteiger partial charge in [-0.15, -0.1) is 0 Å². The lowest BCUT2D eigenvalue weighted by atomic mass is 10.1. The molecule has 110 valence electrons. The van der Waals surface area contributed by atoms with Crippen LogP contribution in [0, 0.1) is 11.8 Å². The third kappa shape index (κ3) is 3.37. The lowest BCUT2D eigenvalue weighted by Gasteiger charge is -2.21. The van der Waals surface area contributed by atoms with Gasteiger partial charge in [-0.05, 0) is 5.92 Å². The van der Waals surface area contributed by atoms with Crippen LogP contribution in [-0.2, 0) is 16.1 Å². The number of rotatable bonds is 5. The fourth-order valence-corrected chi connectivity index (χ4v) is 2.55. The van der Waals surface area contributed by atoms with Crippen molar-refractivity contribution in [3.63, 3.8) is 0 Å². The number of imidazole rings is 1. The van der Waals surface area contributed by atoms with Crippen molar-refractivity contribution < 1.29 is 9.59 Å². The molecule has 1 aromatic rings. The van der Waals surface area contributed by atoms with Crippen LogP contribution in [0.2, 0.25) is 0 Å². The molecule has 0 bridgehead atoms. The van der Waals surface area contributed by atoms with Gasteiger partial charge in [0.25, 0.3) is 0 Å². The minimum absolute atomic E-state index is 0.0148. The van der Waals surface area contributed by atoms with Gasteiger partial charge in [-0.1, -0.05) is 13.8 Å². The number of hydrogen-bond donors (Lipinski definition) is 1. The lowest BCUT2D eigenvalue weighted by molar-refractivity contribution is -0.135. The maximum absolute atomic E-state index is 12.4.